The van der Waals surface area contributed by atoms with E-state index in [2.05, 4.69) is 4.74 Å². The van der Waals surface area contributed by atoms with E-state index >= 15 is 0 Å². The molecule has 0 heterocycles. The number of methoxy groups -OCH3 is 3. The summed E-state index contributed by atoms with van der Waals surface area (Å²) in [5.41, 5.74) is 0.402. The maximum Gasteiger partial charge on any atom is 0.337 e. The molecule has 0 N–H and O–H groups in total. The molecule has 1 rings (SSSR count). The highest BCUT2D eigenvalue weighted by Crippen LogP contribution is 2.28. The molecule has 0 aliphatic heterocycles. The topological polar surface area (TPSA) is 63.2 Å². The van der Waals surface area contributed by atoms with Gasteiger partial charge in [-0.1, -0.05) is 0 Å². The van der Waals surface area contributed by atoms with Crippen molar-refractivity contribution in [2.24, 2.45) is 0 Å². The van der Waals surface area contributed by atoms with E-state index in [1.165, 1.54) is 7.11 Å². The third kappa shape index (κ3) is 5.07. The highest BCUT2D eigenvalue weighted by atomic mass is 16.5. The van der Waals surface area contributed by atoms with Gasteiger partial charge < -0.3 is 23.7 Å². The van der Waals surface area contributed by atoms with Crippen LogP contribution in [0.5, 0.6) is 11.5 Å². The van der Waals surface area contributed by atoms with Gasteiger partial charge in [0.2, 0.25) is 0 Å². The molecule has 0 atom stereocenters. The van der Waals surface area contributed by atoms with Gasteiger partial charge >= 0.3 is 5.97 Å². The van der Waals surface area contributed by atoms with Crippen LogP contribution in [0.25, 0.3) is 0 Å². The predicted molar refractivity (Wildman–Crippen MR) is 72.5 cm³/mol. The number of benzene rings is 1. The van der Waals surface area contributed by atoms with E-state index < -0.39 is 5.97 Å². The van der Waals surface area contributed by atoms with E-state index in [1.54, 1.807) is 32.4 Å². The first-order valence-electron chi connectivity index (χ1n) is 6.18. The Morgan fingerprint density at radius 1 is 0.900 bits per heavy atom. The molecule has 0 radical (unpaired) electrons. The largest absolute Gasteiger partial charge is 0.487 e. The van der Waals surface area contributed by atoms with Gasteiger partial charge in [0.1, 0.15) is 13.2 Å². The quantitative estimate of drug-likeness (QED) is 0.506. The minimum Gasteiger partial charge on any atom is -0.487 e. The normalized spacial score (nSPS) is 10.2. The molecule has 0 fully saturated rings. The fraction of sp³-hybridized carbons (Fsp3) is 0.500. The molecule has 0 aliphatic rings. The molecule has 112 valence electrons. The van der Waals surface area contributed by atoms with Gasteiger partial charge in [-0.15, -0.1) is 0 Å². The lowest BCUT2D eigenvalue weighted by molar-refractivity contribution is 0.0600. The molecule has 0 bridgehead atoms. The van der Waals surface area contributed by atoms with Crippen LogP contribution in [0.3, 0.4) is 0 Å². The number of ether oxygens (including phenoxy) is 5. The molecule has 1 aromatic rings. The van der Waals surface area contributed by atoms with Crippen LogP contribution in [0, 0.1) is 0 Å². The van der Waals surface area contributed by atoms with Gasteiger partial charge in [-0.05, 0) is 18.2 Å². The summed E-state index contributed by atoms with van der Waals surface area (Å²) in [4.78, 5) is 11.5. The van der Waals surface area contributed by atoms with Crippen molar-refractivity contribution in [2.45, 2.75) is 0 Å². The van der Waals surface area contributed by atoms with Gasteiger partial charge in [-0.2, -0.15) is 0 Å². The molecule has 0 saturated carbocycles. The molecule has 1 aromatic carbocycles. The van der Waals surface area contributed by atoms with E-state index in [9.17, 15) is 4.79 Å². The van der Waals surface area contributed by atoms with Crippen LogP contribution < -0.4 is 9.47 Å². The lowest BCUT2D eigenvalue weighted by Crippen LogP contribution is -2.10. The number of carbonyl (C=O) groups is 1. The van der Waals surface area contributed by atoms with Crippen molar-refractivity contribution >= 4 is 5.97 Å². The van der Waals surface area contributed by atoms with E-state index in [0.717, 1.165) is 0 Å². The summed E-state index contributed by atoms with van der Waals surface area (Å²) in [6.07, 6.45) is 0. The molecular weight excluding hydrogens is 264 g/mol. The standard InChI is InChI=1S/C14H20O6/c1-16-6-8-19-12-5-4-11(14(15)18-3)10-13(12)20-9-7-17-2/h4-5,10H,6-9H2,1-3H3. The number of hydrogen-bond acceptors (Lipinski definition) is 6. The second-order valence-corrected chi connectivity index (χ2v) is 3.84. The van der Waals surface area contributed by atoms with Crippen molar-refractivity contribution in [1.82, 2.24) is 0 Å². The van der Waals surface area contributed by atoms with Crippen LogP contribution in [0.15, 0.2) is 18.2 Å². The Bertz CT molecular complexity index is 418. The van der Waals surface area contributed by atoms with Crippen molar-refractivity contribution in [2.75, 3.05) is 47.8 Å². The molecular formula is C14H20O6. The van der Waals surface area contributed by atoms with Gasteiger partial charge in [0.05, 0.1) is 25.9 Å². The first kappa shape index (κ1) is 16.3. The smallest absolute Gasteiger partial charge is 0.337 e. The SMILES string of the molecule is COCCOc1ccc(C(=O)OC)cc1OCCOC. The van der Waals surface area contributed by atoms with Gasteiger partial charge in [-0.25, -0.2) is 4.79 Å². The van der Waals surface area contributed by atoms with Crippen LogP contribution in [0.4, 0.5) is 0 Å². The summed E-state index contributed by atoms with van der Waals surface area (Å²) in [5.74, 6) is 0.594. The van der Waals surface area contributed by atoms with E-state index in [4.69, 9.17) is 18.9 Å². The highest BCUT2D eigenvalue weighted by molar-refractivity contribution is 5.90. The summed E-state index contributed by atoms with van der Waals surface area (Å²) in [7, 11) is 4.51. The Hall–Kier alpha value is -1.79. The Labute approximate surface area is 118 Å². The second-order valence-electron chi connectivity index (χ2n) is 3.84. The highest BCUT2D eigenvalue weighted by Gasteiger charge is 2.12. The van der Waals surface area contributed by atoms with Crippen LogP contribution in [-0.4, -0.2) is 53.7 Å². The minimum atomic E-state index is -0.426. The molecule has 0 spiro atoms. The predicted octanol–water partition coefficient (Wildman–Crippen LogP) is 1.52. The zero-order valence-electron chi connectivity index (χ0n) is 12.0. The van der Waals surface area contributed by atoms with Crippen molar-refractivity contribution in [3.05, 3.63) is 23.8 Å². The Balaban J connectivity index is 2.81. The maximum atomic E-state index is 11.5. The van der Waals surface area contributed by atoms with Gasteiger partial charge in [0, 0.05) is 14.2 Å². The number of carbonyl (C=O) groups excluding carboxylic acids is 1. The number of esters is 1. The molecule has 6 heteroatoms. The minimum absolute atomic E-state index is 0.363. The van der Waals surface area contributed by atoms with Crippen molar-refractivity contribution in [3.63, 3.8) is 0 Å². The molecule has 6 nitrogen and oxygen atoms in total. The van der Waals surface area contributed by atoms with E-state index in [1.807, 2.05) is 0 Å². The Kier molecular flexibility index (Phi) is 7.46. The summed E-state index contributed by atoms with van der Waals surface area (Å²) in [5, 5.41) is 0. The van der Waals surface area contributed by atoms with Crippen LogP contribution in [0.2, 0.25) is 0 Å². The Morgan fingerprint density at radius 2 is 1.50 bits per heavy atom. The first-order valence-corrected chi connectivity index (χ1v) is 6.18. The van der Waals surface area contributed by atoms with Crippen molar-refractivity contribution in [3.8, 4) is 11.5 Å². The summed E-state index contributed by atoms with van der Waals surface area (Å²) in [6.45, 7) is 1.67. The zero-order valence-corrected chi connectivity index (χ0v) is 12.0. The molecule has 20 heavy (non-hydrogen) atoms. The van der Waals surface area contributed by atoms with Crippen LogP contribution in [-0.2, 0) is 14.2 Å². The van der Waals surface area contributed by atoms with Gasteiger partial charge in [0.25, 0.3) is 0 Å². The summed E-state index contributed by atoms with van der Waals surface area (Å²) < 4.78 is 25.6. The average molecular weight is 284 g/mol. The molecule has 0 saturated heterocycles. The van der Waals surface area contributed by atoms with Gasteiger partial charge in [-0.3, -0.25) is 0 Å². The molecule has 0 unspecified atom stereocenters. The molecule has 0 aliphatic carbocycles. The second kappa shape index (κ2) is 9.17. The lowest BCUT2D eigenvalue weighted by Gasteiger charge is -2.13. The van der Waals surface area contributed by atoms with Gasteiger partial charge in [0.15, 0.2) is 11.5 Å². The fourth-order valence-electron chi connectivity index (χ4n) is 1.45. The zero-order chi connectivity index (χ0) is 14.8. The van der Waals surface area contributed by atoms with Crippen molar-refractivity contribution in [1.29, 1.82) is 0 Å². The first-order chi connectivity index (χ1) is 9.72. The monoisotopic (exact) mass is 284 g/mol. The third-order valence-electron chi connectivity index (χ3n) is 2.45. The maximum absolute atomic E-state index is 11.5. The molecule has 0 amide bonds. The number of hydrogen-bond donors (Lipinski definition) is 0. The van der Waals surface area contributed by atoms with E-state index in [0.29, 0.717) is 43.5 Å². The number of rotatable bonds is 9. The van der Waals surface area contributed by atoms with Crippen LogP contribution in [0.1, 0.15) is 10.4 Å². The lowest BCUT2D eigenvalue weighted by atomic mass is 10.2. The summed E-state index contributed by atoms with van der Waals surface area (Å²) in [6, 6.07) is 4.88. The Morgan fingerprint density at radius 3 is 2.05 bits per heavy atom. The third-order valence-corrected chi connectivity index (χ3v) is 2.45. The average Bonchev–Trinajstić information content (AvgIpc) is 2.48. The summed E-state index contributed by atoms with van der Waals surface area (Å²) >= 11 is 0. The fourth-order valence-corrected chi connectivity index (χ4v) is 1.45. The van der Waals surface area contributed by atoms with E-state index in [-0.39, 0.29) is 0 Å². The van der Waals surface area contributed by atoms with Crippen molar-refractivity contribution < 1.29 is 28.5 Å². The van der Waals surface area contributed by atoms with Crippen LogP contribution >= 0.6 is 0 Å². The molecule has 0 aromatic heterocycles.